The Bertz CT molecular complexity index is 1200. The van der Waals surface area contributed by atoms with Crippen LogP contribution in [0, 0.1) is 0 Å². The Kier molecular flexibility index (Phi) is 5.53. The zero-order valence-corrected chi connectivity index (χ0v) is 17.7. The molecule has 0 unspecified atom stereocenters. The van der Waals surface area contributed by atoms with E-state index in [0.29, 0.717) is 0 Å². The van der Waals surface area contributed by atoms with Crippen molar-refractivity contribution in [3.8, 4) is 11.4 Å². The molecule has 30 heavy (non-hydrogen) atoms. The largest absolute Gasteiger partial charge is 0.491 e. The predicted molar refractivity (Wildman–Crippen MR) is 127 cm³/mol. The van der Waals surface area contributed by atoms with E-state index in [4.69, 9.17) is 4.74 Å². The Balaban J connectivity index is 1.55. The fourth-order valence-electron chi connectivity index (χ4n) is 3.37. The zero-order chi connectivity index (χ0) is 21.1. The van der Waals surface area contributed by atoms with Gasteiger partial charge in [-0.1, -0.05) is 54.6 Å². The summed E-state index contributed by atoms with van der Waals surface area (Å²) < 4.78 is 7.83. The molecule has 1 aromatic heterocycles. The smallest absolute Gasteiger partial charge is 0.119 e. The minimum Gasteiger partial charge on any atom is -0.491 e. The maximum Gasteiger partial charge on any atom is 0.119 e. The van der Waals surface area contributed by atoms with E-state index < -0.39 is 0 Å². The summed E-state index contributed by atoms with van der Waals surface area (Å²) in [6, 6.07) is 22.9. The lowest BCUT2D eigenvalue weighted by molar-refractivity contribution is 0.242. The lowest BCUT2D eigenvalue weighted by Gasteiger charge is -2.10. The normalized spacial score (nSPS) is 11.5. The Morgan fingerprint density at radius 2 is 1.60 bits per heavy atom. The average molecular weight is 395 g/mol. The van der Waals surface area contributed by atoms with Crippen LogP contribution in [0.15, 0.2) is 79.6 Å². The Morgan fingerprint density at radius 1 is 0.933 bits per heavy atom. The number of rotatable bonds is 6. The van der Waals surface area contributed by atoms with E-state index in [2.05, 4.69) is 82.9 Å². The van der Waals surface area contributed by atoms with Crippen LogP contribution in [0.2, 0.25) is 0 Å². The molecule has 0 bridgehead atoms. The van der Waals surface area contributed by atoms with Crippen molar-refractivity contribution in [1.29, 1.82) is 0 Å². The van der Waals surface area contributed by atoms with Crippen LogP contribution in [0.4, 0.5) is 0 Å². The summed E-state index contributed by atoms with van der Waals surface area (Å²) in [4.78, 5) is 4.60. The SMILES string of the molecule is C=C(C)c1ccc(C=Cc2ccc3c(c2)ncn3-c2ccc(OC(C)C)cc2)cc1. The highest BCUT2D eigenvalue weighted by Gasteiger charge is 2.06. The molecule has 3 nitrogen and oxygen atoms in total. The third kappa shape index (κ3) is 4.36. The van der Waals surface area contributed by atoms with Gasteiger partial charge in [0.05, 0.1) is 17.1 Å². The van der Waals surface area contributed by atoms with E-state index in [0.717, 1.165) is 39.2 Å². The minimum absolute atomic E-state index is 0.167. The average Bonchev–Trinajstić information content (AvgIpc) is 3.16. The van der Waals surface area contributed by atoms with E-state index >= 15 is 0 Å². The van der Waals surface area contributed by atoms with Gasteiger partial charge in [0, 0.05) is 5.69 Å². The summed E-state index contributed by atoms with van der Waals surface area (Å²) >= 11 is 0. The van der Waals surface area contributed by atoms with Gasteiger partial charge in [0.2, 0.25) is 0 Å². The van der Waals surface area contributed by atoms with Crippen molar-refractivity contribution in [2.24, 2.45) is 0 Å². The molecule has 3 heteroatoms. The first-order chi connectivity index (χ1) is 14.5. The molecule has 0 spiro atoms. The summed E-state index contributed by atoms with van der Waals surface area (Å²) in [5.41, 5.74) is 7.64. The number of ether oxygens (including phenoxy) is 1. The van der Waals surface area contributed by atoms with Gasteiger partial charge in [0.1, 0.15) is 12.1 Å². The molecule has 0 saturated carbocycles. The molecule has 0 fully saturated rings. The van der Waals surface area contributed by atoms with Crippen LogP contribution in [-0.4, -0.2) is 15.7 Å². The molecule has 0 aliphatic heterocycles. The number of benzene rings is 3. The van der Waals surface area contributed by atoms with Crippen molar-refractivity contribution < 1.29 is 4.74 Å². The van der Waals surface area contributed by atoms with E-state index in [1.807, 2.05) is 39.2 Å². The van der Waals surface area contributed by atoms with Gasteiger partial charge in [-0.3, -0.25) is 4.57 Å². The lowest BCUT2D eigenvalue weighted by Crippen LogP contribution is -2.05. The maximum absolute atomic E-state index is 5.73. The van der Waals surface area contributed by atoms with E-state index in [9.17, 15) is 0 Å². The first-order valence-electron chi connectivity index (χ1n) is 10.2. The van der Waals surface area contributed by atoms with Crippen molar-refractivity contribution in [2.75, 3.05) is 0 Å². The molecule has 3 aromatic carbocycles. The van der Waals surface area contributed by atoms with Crippen molar-refractivity contribution in [1.82, 2.24) is 9.55 Å². The molecule has 0 radical (unpaired) electrons. The molecular weight excluding hydrogens is 368 g/mol. The maximum atomic E-state index is 5.73. The van der Waals surface area contributed by atoms with Gasteiger partial charge in [-0.05, 0) is 73.9 Å². The van der Waals surface area contributed by atoms with Gasteiger partial charge in [0.25, 0.3) is 0 Å². The Hall–Kier alpha value is -3.59. The fourth-order valence-corrected chi connectivity index (χ4v) is 3.37. The molecule has 0 amide bonds. The lowest BCUT2D eigenvalue weighted by atomic mass is 10.1. The van der Waals surface area contributed by atoms with Crippen LogP contribution < -0.4 is 4.74 Å². The van der Waals surface area contributed by atoms with E-state index in [-0.39, 0.29) is 6.10 Å². The van der Waals surface area contributed by atoms with Gasteiger partial charge in [-0.25, -0.2) is 4.98 Å². The van der Waals surface area contributed by atoms with E-state index in [1.54, 1.807) is 0 Å². The Labute approximate surface area is 178 Å². The van der Waals surface area contributed by atoms with Crippen LogP contribution in [0.25, 0.3) is 34.4 Å². The van der Waals surface area contributed by atoms with Crippen LogP contribution in [0.5, 0.6) is 5.75 Å². The number of allylic oxidation sites excluding steroid dienone is 1. The van der Waals surface area contributed by atoms with Crippen molar-refractivity contribution >= 4 is 28.8 Å². The predicted octanol–water partition coefficient (Wildman–Crippen LogP) is 7.02. The highest BCUT2D eigenvalue weighted by atomic mass is 16.5. The van der Waals surface area contributed by atoms with Crippen LogP contribution >= 0.6 is 0 Å². The molecule has 0 saturated heterocycles. The van der Waals surface area contributed by atoms with E-state index in [1.165, 1.54) is 5.56 Å². The second-order valence-electron chi connectivity index (χ2n) is 7.76. The molecule has 1 heterocycles. The molecule has 150 valence electrons. The first-order valence-corrected chi connectivity index (χ1v) is 10.2. The summed E-state index contributed by atoms with van der Waals surface area (Å²) in [5, 5.41) is 0. The number of hydrogen-bond acceptors (Lipinski definition) is 2. The molecule has 0 atom stereocenters. The number of nitrogens with zero attached hydrogens (tertiary/aromatic N) is 2. The standard InChI is InChI=1S/C27H26N2O/c1-19(2)23-10-7-21(8-11-23)5-6-22-9-16-27-26(17-22)28-18-29(27)24-12-14-25(15-13-24)30-20(3)4/h5-18,20H,1H2,2-4H3. The molecule has 0 aliphatic rings. The van der Waals surface area contributed by atoms with Gasteiger partial charge >= 0.3 is 0 Å². The quantitative estimate of drug-likeness (QED) is 0.329. The number of imidazole rings is 1. The highest BCUT2D eigenvalue weighted by Crippen LogP contribution is 2.23. The van der Waals surface area contributed by atoms with Crippen molar-refractivity contribution in [3.05, 3.63) is 96.3 Å². The van der Waals surface area contributed by atoms with Crippen LogP contribution in [-0.2, 0) is 0 Å². The monoisotopic (exact) mass is 394 g/mol. The number of fused-ring (bicyclic) bond motifs is 1. The van der Waals surface area contributed by atoms with Crippen LogP contribution in [0.1, 0.15) is 37.5 Å². The van der Waals surface area contributed by atoms with Crippen molar-refractivity contribution in [3.63, 3.8) is 0 Å². The second kappa shape index (κ2) is 8.42. The first kappa shape index (κ1) is 19.7. The second-order valence-corrected chi connectivity index (χ2v) is 7.76. The summed E-state index contributed by atoms with van der Waals surface area (Å²) in [6.45, 7) is 10.1. The van der Waals surface area contributed by atoms with Gasteiger partial charge in [-0.2, -0.15) is 0 Å². The zero-order valence-electron chi connectivity index (χ0n) is 17.7. The Morgan fingerprint density at radius 3 is 2.27 bits per heavy atom. The van der Waals surface area contributed by atoms with Gasteiger partial charge in [0.15, 0.2) is 0 Å². The van der Waals surface area contributed by atoms with Crippen molar-refractivity contribution in [2.45, 2.75) is 26.9 Å². The topological polar surface area (TPSA) is 27.1 Å². The molecule has 4 rings (SSSR count). The molecule has 4 aromatic rings. The van der Waals surface area contributed by atoms with Crippen LogP contribution in [0.3, 0.4) is 0 Å². The minimum atomic E-state index is 0.167. The summed E-state index contributed by atoms with van der Waals surface area (Å²) in [6.07, 6.45) is 6.27. The highest BCUT2D eigenvalue weighted by molar-refractivity contribution is 5.82. The summed E-state index contributed by atoms with van der Waals surface area (Å²) in [5.74, 6) is 0.877. The molecule has 0 aliphatic carbocycles. The van der Waals surface area contributed by atoms with Gasteiger partial charge in [-0.15, -0.1) is 0 Å². The third-order valence-electron chi connectivity index (χ3n) is 4.93. The fraction of sp³-hybridized carbons (Fsp3) is 0.148. The molecule has 0 N–H and O–H groups in total. The molecular formula is C27H26N2O. The number of hydrogen-bond donors (Lipinski definition) is 0. The number of aromatic nitrogens is 2. The van der Waals surface area contributed by atoms with Gasteiger partial charge < -0.3 is 4.74 Å². The summed E-state index contributed by atoms with van der Waals surface area (Å²) in [7, 11) is 0. The third-order valence-corrected chi connectivity index (χ3v) is 4.93.